The predicted octanol–water partition coefficient (Wildman–Crippen LogP) is 3.68. The van der Waals surface area contributed by atoms with E-state index >= 15 is 0 Å². The van der Waals surface area contributed by atoms with Crippen molar-refractivity contribution in [3.05, 3.63) is 27.2 Å². The Morgan fingerprint density at radius 2 is 1.81 bits per heavy atom. The van der Waals surface area contributed by atoms with Gasteiger partial charge in [-0.05, 0) is 30.7 Å². The summed E-state index contributed by atoms with van der Waals surface area (Å²) in [5.74, 6) is 0.795. The molecule has 0 amide bonds. The van der Waals surface area contributed by atoms with Gasteiger partial charge in [-0.15, -0.1) is 0 Å². The molecule has 0 aromatic heterocycles. The summed E-state index contributed by atoms with van der Waals surface area (Å²) in [5, 5.41) is 0.739. The molecule has 0 spiro atoms. The maximum absolute atomic E-state index is 6.40. The van der Waals surface area contributed by atoms with E-state index in [1.807, 2.05) is 12.1 Å². The normalized spacial score (nSPS) is 17.1. The van der Waals surface area contributed by atoms with Crippen LogP contribution in [0.4, 0.5) is 0 Å². The maximum Gasteiger partial charge on any atom is 0.138 e. The Bertz CT molecular complexity index is 462. The van der Waals surface area contributed by atoms with Crippen LogP contribution in [-0.4, -0.2) is 55.7 Å². The molecule has 3 nitrogen and oxygen atoms in total. The van der Waals surface area contributed by atoms with Crippen LogP contribution in [-0.2, 0) is 6.42 Å². The van der Waals surface area contributed by atoms with Gasteiger partial charge in [0.05, 0.1) is 5.02 Å². The first-order valence-corrected chi connectivity index (χ1v) is 8.87. The van der Waals surface area contributed by atoms with E-state index in [4.69, 9.17) is 16.3 Å². The Kier molecular flexibility index (Phi) is 6.80. The van der Waals surface area contributed by atoms with Crippen molar-refractivity contribution in [3.8, 4) is 5.75 Å². The molecule has 1 saturated heterocycles. The van der Waals surface area contributed by atoms with E-state index in [1.54, 1.807) is 0 Å². The fourth-order valence-corrected chi connectivity index (χ4v) is 3.70. The van der Waals surface area contributed by atoms with Gasteiger partial charge < -0.3 is 9.64 Å². The second-order valence-corrected chi connectivity index (χ2v) is 6.55. The lowest BCUT2D eigenvalue weighted by molar-refractivity contribution is 0.121. The highest BCUT2D eigenvalue weighted by atomic mass is 79.9. The van der Waals surface area contributed by atoms with Gasteiger partial charge in [0.1, 0.15) is 12.4 Å². The van der Waals surface area contributed by atoms with Crippen molar-refractivity contribution in [3.63, 3.8) is 0 Å². The molecular formula is C16H24BrClN2O. The van der Waals surface area contributed by atoms with Crippen molar-refractivity contribution >= 4 is 27.5 Å². The summed E-state index contributed by atoms with van der Waals surface area (Å²) < 4.78 is 6.94. The summed E-state index contributed by atoms with van der Waals surface area (Å²) in [7, 11) is 0. The summed E-state index contributed by atoms with van der Waals surface area (Å²) in [4.78, 5) is 4.94. The van der Waals surface area contributed by atoms with Gasteiger partial charge >= 0.3 is 0 Å². The summed E-state index contributed by atoms with van der Waals surface area (Å²) in [6.45, 7) is 11.7. The van der Waals surface area contributed by atoms with Gasteiger partial charge in [0.25, 0.3) is 0 Å². The topological polar surface area (TPSA) is 15.7 Å². The standard InChI is InChI=1S/C16H24BrClN2O/c1-3-13-14(17)5-6-15(16(13)18)21-12-11-20-9-7-19(4-2)8-10-20/h5-6H,3-4,7-12H2,1-2H3. The molecule has 0 atom stereocenters. The molecule has 1 aromatic rings. The van der Waals surface area contributed by atoms with Gasteiger partial charge in [-0.1, -0.05) is 41.4 Å². The smallest absolute Gasteiger partial charge is 0.138 e. The Labute approximate surface area is 141 Å². The molecule has 0 aliphatic carbocycles. The van der Waals surface area contributed by atoms with Gasteiger partial charge in [-0.25, -0.2) is 0 Å². The van der Waals surface area contributed by atoms with Crippen LogP contribution < -0.4 is 4.74 Å². The molecule has 1 fully saturated rings. The molecule has 1 aliphatic heterocycles. The van der Waals surface area contributed by atoms with Gasteiger partial charge in [-0.3, -0.25) is 4.90 Å². The molecule has 1 aromatic carbocycles. The lowest BCUT2D eigenvalue weighted by Crippen LogP contribution is -2.47. The number of hydrogen-bond donors (Lipinski definition) is 0. The summed E-state index contributed by atoms with van der Waals surface area (Å²) in [6.07, 6.45) is 0.898. The number of ether oxygens (including phenoxy) is 1. The van der Waals surface area contributed by atoms with E-state index < -0.39 is 0 Å². The summed E-state index contributed by atoms with van der Waals surface area (Å²) in [6, 6.07) is 3.96. The first kappa shape index (κ1) is 17.1. The zero-order valence-electron chi connectivity index (χ0n) is 12.9. The van der Waals surface area contributed by atoms with Gasteiger partial charge in [-0.2, -0.15) is 0 Å². The second-order valence-electron chi connectivity index (χ2n) is 5.32. The highest BCUT2D eigenvalue weighted by Gasteiger charge is 2.15. The van der Waals surface area contributed by atoms with Crippen molar-refractivity contribution in [2.45, 2.75) is 20.3 Å². The molecule has 1 aliphatic rings. The van der Waals surface area contributed by atoms with Crippen molar-refractivity contribution in [1.82, 2.24) is 9.80 Å². The molecule has 2 rings (SSSR count). The van der Waals surface area contributed by atoms with Crippen LogP contribution in [0.3, 0.4) is 0 Å². The van der Waals surface area contributed by atoms with E-state index in [1.165, 1.54) is 0 Å². The predicted molar refractivity (Wildman–Crippen MR) is 92.6 cm³/mol. The van der Waals surface area contributed by atoms with Gasteiger partial charge in [0.15, 0.2) is 0 Å². The van der Waals surface area contributed by atoms with E-state index in [0.29, 0.717) is 6.61 Å². The van der Waals surface area contributed by atoms with Crippen LogP contribution in [0.5, 0.6) is 5.75 Å². The number of piperazine rings is 1. The molecule has 0 radical (unpaired) electrons. The zero-order valence-corrected chi connectivity index (χ0v) is 15.2. The van der Waals surface area contributed by atoms with E-state index in [0.717, 1.165) is 66.5 Å². The van der Waals surface area contributed by atoms with Crippen molar-refractivity contribution in [1.29, 1.82) is 0 Å². The number of halogens is 2. The lowest BCUT2D eigenvalue weighted by Gasteiger charge is -2.33. The van der Waals surface area contributed by atoms with Crippen LogP contribution in [0.15, 0.2) is 16.6 Å². The lowest BCUT2D eigenvalue weighted by atomic mass is 10.1. The van der Waals surface area contributed by atoms with Crippen LogP contribution in [0.25, 0.3) is 0 Å². The largest absolute Gasteiger partial charge is 0.491 e. The minimum absolute atomic E-state index is 0.691. The highest BCUT2D eigenvalue weighted by Crippen LogP contribution is 2.33. The number of hydrogen-bond acceptors (Lipinski definition) is 3. The fraction of sp³-hybridized carbons (Fsp3) is 0.625. The SMILES string of the molecule is CCc1c(Br)ccc(OCCN2CCN(CC)CC2)c1Cl. The number of benzene rings is 1. The van der Waals surface area contributed by atoms with E-state index in [9.17, 15) is 0 Å². The first-order chi connectivity index (χ1) is 10.2. The average molecular weight is 376 g/mol. The zero-order chi connectivity index (χ0) is 15.2. The molecular weight excluding hydrogens is 352 g/mol. The van der Waals surface area contributed by atoms with Crippen molar-refractivity contribution in [2.24, 2.45) is 0 Å². The van der Waals surface area contributed by atoms with Crippen LogP contribution >= 0.6 is 27.5 Å². The summed E-state index contributed by atoms with van der Waals surface area (Å²) >= 11 is 9.93. The van der Waals surface area contributed by atoms with Crippen molar-refractivity contribution in [2.75, 3.05) is 45.9 Å². The molecule has 0 bridgehead atoms. The molecule has 118 valence electrons. The minimum atomic E-state index is 0.691. The Morgan fingerprint density at radius 1 is 1.14 bits per heavy atom. The van der Waals surface area contributed by atoms with Crippen LogP contribution in [0.2, 0.25) is 5.02 Å². The van der Waals surface area contributed by atoms with E-state index in [2.05, 4.69) is 39.6 Å². The maximum atomic E-state index is 6.40. The summed E-state index contributed by atoms with van der Waals surface area (Å²) in [5.41, 5.74) is 1.12. The molecule has 0 unspecified atom stereocenters. The van der Waals surface area contributed by atoms with Crippen molar-refractivity contribution < 1.29 is 4.74 Å². The molecule has 21 heavy (non-hydrogen) atoms. The minimum Gasteiger partial charge on any atom is -0.491 e. The number of likely N-dealkylation sites (N-methyl/N-ethyl adjacent to an activating group) is 1. The average Bonchev–Trinajstić information content (AvgIpc) is 2.51. The van der Waals surface area contributed by atoms with Crippen LogP contribution in [0.1, 0.15) is 19.4 Å². The monoisotopic (exact) mass is 374 g/mol. The molecule has 0 saturated carbocycles. The number of rotatable bonds is 6. The van der Waals surface area contributed by atoms with E-state index in [-0.39, 0.29) is 0 Å². The highest BCUT2D eigenvalue weighted by molar-refractivity contribution is 9.10. The Hall–Kier alpha value is -0.290. The molecule has 5 heteroatoms. The van der Waals surface area contributed by atoms with Gasteiger partial charge in [0, 0.05) is 37.2 Å². The third-order valence-corrected chi connectivity index (χ3v) is 5.24. The fourth-order valence-electron chi connectivity index (χ4n) is 2.63. The molecule has 0 N–H and O–H groups in total. The Morgan fingerprint density at radius 3 is 2.43 bits per heavy atom. The Balaban J connectivity index is 1.81. The second kappa shape index (κ2) is 8.37. The number of nitrogens with zero attached hydrogens (tertiary/aromatic N) is 2. The third-order valence-electron chi connectivity index (χ3n) is 4.08. The quantitative estimate of drug-likeness (QED) is 0.754. The van der Waals surface area contributed by atoms with Crippen LogP contribution in [0, 0.1) is 0 Å². The third kappa shape index (κ3) is 4.59. The van der Waals surface area contributed by atoms with Gasteiger partial charge in [0.2, 0.25) is 0 Å². The molecule has 1 heterocycles. The first-order valence-electron chi connectivity index (χ1n) is 7.70.